The van der Waals surface area contributed by atoms with Crippen molar-refractivity contribution in [3.8, 4) is 5.75 Å². The van der Waals surface area contributed by atoms with Gasteiger partial charge in [-0.2, -0.15) is 4.39 Å². The molecule has 0 bridgehead atoms. The molecule has 0 aromatic heterocycles. The maximum absolute atomic E-state index is 14.0. The molecule has 0 spiro atoms. The molecule has 1 aliphatic rings. The zero-order valence-electron chi connectivity index (χ0n) is 11.2. The van der Waals surface area contributed by atoms with Gasteiger partial charge in [0.15, 0.2) is 17.9 Å². The summed E-state index contributed by atoms with van der Waals surface area (Å²) in [4.78, 5) is 0. The van der Waals surface area contributed by atoms with Gasteiger partial charge in [0.05, 0.1) is 18.8 Å². The third-order valence-electron chi connectivity index (χ3n) is 3.18. The number of hydrogen-bond acceptors (Lipinski definition) is 3. The first-order valence-electron chi connectivity index (χ1n) is 6.63. The van der Waals surface area contributed by atoms with Gasteiger partial charge >= 0.3 is 0 Å². The molecule has 0 saturated carbocycles. The molecular formula is C16H14F2O3. The summed E-state index contributed by atoms with van der Waals surface area (Å²) < 4.78 is 43.6. The summed E-state index contributed by atoms with van der Waals surface area (Å²) in [5, 5.41) is 0. The monoisotopic (exact) mass is 292 g/mol. The van der Waals surface area contributed by atoms with Gasteiger partial charge in [-0.05, 0) is 17.7 Å². The van der Waals surface area contributed by atoms with Crippen LogP contribution in [-0.4, -0.2) is 13.2 Å². The zero-order valence-corrected chi connectivity index (χ0v) is 11.2. The van der Waals surface area contributed by atoms with E-state index in [0.717, 1.165) is 11.6 Å². The molecule has 0 aliphatic carbocycles. The second-order valence-electron chi connectivity index (χ2n) is 4.63. The Kier molecular flexibility index (Phi) is 4.13. The van der Waals surface area contributed by atoms with Gasteiger partial charge in [0, 0.05) is 0 Å². The minimum absolute atomic E-state index is 0.140. The molecule has 0 unspecified atom stereocenters. The molecule has 21 heavy (non-hydrogen) atoms. The second-order valence-corrected chi connectivity index (χ2v) is 4.63. The maximum atomic E-state index is 14.0. The van der Waals surface area contributed by atoms with Gasteiger partial charge in [-0.3, -0.25) is 0 Å². The molecule has 0 atom stereocenters. The molecule has 2 aromatic carbocycles. The van der Waals surface area contributed by atoms with Gasteiger partial charge in [-0.25, -0.2) is 4.39 Å². The van der Waals surface area contributed by atoms with Gasteiger partial charge in [0.2, 0.25) is 5.82 Å². The highest BCUT2D eigenvalue weighted by molar-refractivity contribution is 5.37. The minimum Gasteiger partial charge on any atom is -0.485 e. The lowest BCUT2D eigenvalue weighted by Crippen LogP contribution is -2.07. The van der Waals surface area contributed by atoms with Gasteiger partial charge < -0.3 is 14.2 Å². The van der Waals surface area contributed by atoms with Crippen LogP contribution in [-0.2, 0) is 16.1 Å². The summed E-state index contributed by atoms with van der Waals surface area (Å²) in [6, 6.07) is 11.7. The number of ether oxygens (including phenoxy) is 3. The van der Waals surface area contributed by atoms with Crippen molar-refractivity contribution >= 4 is 0 Å². The molecule has 2 aromatic rings. The van der Waals surface area contributed by atoms with Crippen LogP contribution in [0.2, 0.25) is 0 Å². The van der Waals surface area contributed by atoms with Crippen molar-refractivity contribution in [1.82, 2.24) is 0 Å². The van der Waals surface area contributed by atoms with E-state index in [9.17, 15) is 8.78 Å². The van der Waals surface area contributed by atoms with E-state index in [1.54, 1.807) is 0 Å². The first kappa shape index (κ1) is 14.0. The zero-order chi connectivity index (χ0) is 14.7. The third kappa shape index (κ3) is 3.04. The summed E-state index contributed by atoms with van der Waals surface area (Å²) in [6.07, 6.45) is -0.717. The summed E-state index contributed by atoms with van der Waals surface area (Å²) >= 11 is 0. The predicted octanol–water partition coefficient (Wildman–Crippen LogP) is 3.59. The van der Waals surface area contributed by atoms with E-state index in [0.29, 0.717) is 18.8 Å². The van der Waals surface area contributed by atoms with E-state index >= 15 is 0 Å². The number of benzene rings is 2. The molecule has 110 valence electrons. The Balaban J connectivity index is 1.86. The molecule has 0 amide bonds. The minimum atomic E-state index is -1.03. The highest BCUT2D eigenvalue weighted by Gasteiger charge is 2.26. The molecule has 0 N–H and O–H groups in total. The van der Waals surface area contributed by atoms with Crippen molar-refractivity contribution in [2.24, 2.45) is 0 Å². The topological polar surface area (TPSA) is 27.7 Å². The maximum Gasteiger partial charge on any atom is 0.201 e. The van der Waals surface area contributed by atoms with E-state index < -0.39 is 17.9 Å². The molecule has 1 fully saturated rings. The Morgan fingerprint density at radius 2 is 1.71 bits per heavy atom. The van der Waals surface area contributed by atoms with Crippen LogP contribution in [0.25, 0.3) is 0 Å². The van der Waals surface area contributed by atoms with Gasteiger partial charge in [0.1, 0.15) is 6.61 Å². The highest BCUT2D eigenvalue weighted by Crippen LogP contribution is 2.34. The smallest absolute Gasteiger partial charge is 0.201 e. The molecular weight excluding hydrogens is 278 g/mol. The number of rotatable bonds is 4. The van der Waals surface area contributed by atoms with Crippen LogP contribution in [0.1, 0.15) is 17.4 Å². The van der Waals surface area contributed by atoms with E-state index in [1.807, 2.05) is 30.3 Å². The normalized spacial score (nSPS) is 15.3. The molecule has 5 heteroatoms. The predicted molar refractivity (Wildman–Crippen MR) is 71.8 cm³/mol. The van der Waals surface area contributed by atoms with Crippen LogP contribution >= 0.6 is 0 Å². The Bertz CT molecular complexity index is 610. The Hall–Kier alpha value is -1.98. The summed E-state index contributed by atoms with van der Waals surface area (Å²) in [7, 11) is 0. The summed E-state index contributed by atoms with van der Waals surface area (Å²) in [5.41, 5.74) is 1.22. The molecule has 1 aliphatic heterocycles. The van der Waals surface area contributed by atoms with Crippen LogP contribution in [0.15, 0.2) is 42.5 Å². The Morgan fingerprint density at radius 3 is 2.43 bits per heavy atom. The number of hydrogen-bond donors (Lipinski definition) is 0. The lowest BCUT2D eigenvalue weighted by atomic mass is 10.1. The van der Waals surface area contributed by atoms with Crippen LogP contribution in [0.4, 0.5) is 8.78 Å². The average molecular weight is 292 g/mol. The van der Waals surface area contributed by atoms with Crippen molar-refractivity contribution < 1.29 is 23.0 Å². The van der Waals surface area contributed by atoms with Crippen molar-refractivity contribution in [3.05, 3.63) is 65.2 Å². The lowest BCUT2D eigenvalue weighted by Gasteiger charge is -2.16. The average Bonchev–Trinajstić information content (AvgIpc) is 3.04. The third-order valence-corrected chi connectivity index (χ3v) is 3.18. The fraction of sp³-hybridized carbons (Fsp3) is 0.250. The van der Waals surface area contributed by atoms with E-state index in [-0.39, 0.29) is 12.4 Å². The molecule has 1 saturated heterocycles. The van der Waals surface area contributed by atoms with Crippen molar-refractivity contribution in [2.75, 3.05) is 13.2 Å². The fourth-order valence-electron chi connectivity index (χ4n) is 2.15. The Morgan fingerprint density at radius 1 is 1.00 bits per heavy atom. The molecule has 3 nitrogen and oxygen atoms in total. The fourth-order valence-corrected chi connectivity index (χ4v) is 2.15. The SMILES string of the molecule is Fc1ccc(C2OCCO2)c(OCc2ccccc2)c1F. The largest absolute Gasteiger partial charge is 0.485 e. The molecule has 1 heterocycles. The van der Waals surface area contributed by atoms with E-state index in [4.69, 9.17) is 14.2 Å². The van der Waals surface area contributed by atoms with E-state index in [2.05, 4.69) is 0 Å². The van der Waals surface area contributed by atoms with Crippen molar-refractivity contribution in [1.29, 1.82) is 0 Å². The molecule has 0 radical (unpaired) electrons. The van der Waals surface area contributed by atoms with Crippen molar-refractivity contribution in [2.45, 2.75) is 12.9 Å². The summed E-state index contributed by atoms with van der Waals surface area (Å²) in [5.74, 6) is -2.15. The van der Waals surface area contributed by atoms with Crippen LogP contribution in [0.5, 0.6) is 5.75 Å². The van der Waals surface area contributed by atoms with Crippen LogP contribution in [0.3, 0.4) is 0 Å². The first-order valence-corrected chi connectivity index (χ1v) is 6.63. The standard InChI is InChI=1S/C16H14F2O3/c17-13-7-6-12(16-19-8-9-20-16)15(14(13)18)21-10-11-4-2-1-3-5-11/h1-7,16H,8-10H2. The quantitative estimate of drug-likeness (QED) is 0.862. The van der Waals surface area contributed by atoms with Crippen LogP contribution < -0.4 is 4.74 Å². The van der Waals surface area contributed by atoms with E-state index in [1.165, 1.54) is 6.07 Å². The van der Waals surface area contributed by atoms with Gasteiger partial charge in [-0.15, -0.1) is 0 Å². The molecule has 3 rings (SSSR count). The second kappa shape index (κ2) is 6.20. The Labute approximate surface area is 121 Å². The number of halogens is 2. The lowest BCUT2D eigenvalue weighted by molar-refractivity contribution is -0.0462. The summed E-state index contributed by atoms with van der Waals surface area (Å²) in [6.45, 7) is 0.977. The first-order chi connectivity index (χ1) is 10.3. The van der Waals surface area contributed by atoms with Gasteiger partial charge in [0.25, 0.3) is 0 Å². The van der Waals surface area contributed by atoms with Gasteiger partial charge in [-0.1, -0.05) is 30.3 Å². The van der Waals surface area contributed by atoms with Crippen LogP contribution in [0, 0.1) is 11.6 Å². The van der Waals surface area contributed by atoms with Crippen molar-refractivity contribution in [3.63, 3.8) is 0 Å². The highest BCUT2D eigenvalue weighted by atomic mass is 19.2.